The number of nitrogens with zero attached hydrogens (tertiary/aromatic N) is 2. The van der Waals surface area contributed by atoms with E-state index in [1.165, 1.54) is 18.7 Å². The molecular weight excluding hydrogens is 340 g/mol. The molecule has 3 rings (SSSR count). The predicted molar refractivity (Wildman–Crippen MR) is 93.1 cm³/mol. The molecule has 1 atom stereocenters. The molecule has 1 aliphatic rings. The van der Waals surface area contributed by atoms with E-state index in [2.05, 4.69) is 5.32 Å². The lowest BCUT2D eigenvalue weighted by atomic mass is 9.86. The lowest BCUT2D eigenvalue weighted by Gasteiger charge is -2.27. The molecule has 0 unspecified atom stereocenters. The maximum Gasteiger partial charge on any atom is 0.332 e. The molecule has 0 saturated heterocycles. The highest BCUT2D eigenvalue weighted by atomic mass is 16.5. The third-order valence-corrected chi connectivity index (χ3v) is 4.36. The number of ether oxygens (including phenoxy) is 1. The molecule has 0 aliphatic carbocycles. The molecule has 1 aromatic heterocycles. The van der Waals surface area contributed by atoms with E-state index in [9.17, 15) is 19.2 Å². The Morgan fingerprint density at radius 3 is 2.46 bits per heavy atom. The topological polar surface area (TPSA) is 125 Å². The smallest absolute Gasteiger partial charge is 0.332 e. The molecular formula is C17H18N4O5. The van der Waals surface area contributed by atoms with Gasteiger partial charge in [-0.05, 0) is 17.7 Å². The van der Waals surface area contributed by atoms with Crippen LogP contribution in [0.25, 0.3) is 0 Å². The highest BCUT2D eigenvalue weighted by Crippen LogP contribution is 2.34. The van der Waals surface area contributed by atoms with Crippen LogP contribution in [0.5, 0.6) is 5.75 Å². The SMILES string of the molecule is Cn1c2c(c(=O)n(C)c1=O)[C@@H](c1ccc(OCC(N)=O)cc1)CC(=O)N2. The second-order valence-corrected chi connectivity index (χ2v) is 6.10. The Kier molecular flexibility index (Phi) is 4.37. The summed E-state index contributed by atoms with van der Waals surface area (Å²) in [5.41, 5.74) is 5.17. The van der Waals surface area contributed by atoms with E-state index in [4.69, 9.17) is 10.5 Å². The van der Waals surface area contributed by atoms with Crippen molar-refractivity contribution in [3.05, 3.63) is 56.2 Å². The van der Waals surface area contributed by atoms with E-state index < -0.39 is 23.1 Å². The number of nitrogens with one attached hydrogen (secondary N) is 1. The molecule has 3 N–H and O–H groups in total. The molecule has 0 saturated carbocycles. The first-order valence-electron chi connectivity index (χ1n) is 7.90. The van der Waals surface area contributed by atoms with Crippen molar-refractivity contribution in [1.82, 2.24) is 9.13 Å². The zero-order valence-corrected chi connectivity index (χ0v) is 14.3. The molecule has 1 aliphatic heterocycles. The van der Waals surface area contributed by atoms with Crippen molar-refractivity contribution in [3.8, 4) is 5.75 Å². The number of primary amides is 1. The van der Waals surface area contributed by atoms with Gasteiger partial charge in [-0.15, -0.1) is 0 Å². The number of amides is 2. The summed E-state index contributed by atoms with van der Waals surface area (Å²) >= 11 is 0. The van der Waals surface area contributed by atoms with E-state index in [-0.39, 0.29) is 24.8 Å². The number of carbonyl (C=O) groups is 2. The standard InChI is InChI=1S/C17H18N4O5/c1-20-15-14(16(24)21(2)17(20)25)11(7-13(23)19-15)9-3-5-10(6-4-9)26-8-12(18)22/h3-6,11H,7-8H2,1-2H3,(H2,18,22)(H,19,23)/t11-/m1/s1. The van der Waals surface area contributed by atoms with Gasteiger partial charge >= 0.3 is 5.69 Å². The van der Waals surface area contributed by atoms with Crippen LogP contribution in [0.1, 0.15) is 23.5 Å². The minimum atomic E-state index is -0.587. The average molecular weight is 358 g/mol. The number of nitrogens with two attached hydrogens (primary N) is 1. The number of fused-ring (bicyclic) bond motifs is 1. The molecule has 0 spiro atoms. The van der Waals surface area contributed by atoms with Gasteiger partial charge in [0.2, 0.25) is 5.91 Å². The molecule has 0 radical (unpaired) electrons. The van der Waals surface area contributed by atoms with Crippen LogP contribution in [0, 0.1) is 0 Å². The molecule has 2 amide bonds. The summed E-state index contributed by atoms with van der Waals surface area (Å²) in [6.45, 7) is -0.239. The monoisotopic (exact) mass is 358 g/mol. The minimum absolute atomic E-state index is 0.0853. The Balaban J connectivity index is 2.05. The lowest BCUT2D eigenvalue weighted by molar-refractivity contribution is -0.120. The summed E-state index contributed by atoms with van der Waals surface area (Å²) in [4.78, 5) is 47.6. The van der Waals surface area contributed by atoms with Gasteiger partial charge in [-0.1, -0.05) is 12.1 Å². The normalized spacial score (nSPS) is 15.9. The number of hydrogen-bond donors (Lipinski definition) is 2. The van der Waals surface area contributed by atoms with Gasteiger partial charge in [-0.3, -0.25) is 23.5 Å². The van der Waals surface area contributed by atoms with E-state index in [0.717, 1.165) is 10.1 Å². The van der Waals surface area contributed by atoms with Crippen molar-refractivity contribution in [2.75, 3.05) is 11.9 Å². The van der Waals surface area contributed by atoms with Crippen LogP contribution in [0.3, 0.4) is 0 Å². The van der Waals surface area contributed by atoms with Crippen LogP contribution in [0.2, 0.25) is 0 Å². The molecule has 1 aromatic carbocycles. The summed E-state index contributed by atoms with van der Waals surface area (Å²) in [6, 6.07) is 6.70. The largest absolute Gasteiger partial charge is 0.484 e. The van der Waals surface area contributed by atoms with Crippen LogP contribution in [0.4, 0.5) is 5.82 Å². The summed E-state index contributed by atoms with van der Waals surface area (Å²) in [7, 11) is 2.91. The molecule has 2 aromatic rings. The van der Waals surface area contributed by atoms with E-state index >= 15 is 0 Å². The highest BCUT2D eigenvalue weighted by Gasteiger charge is 2.32. The van der Waals surface area contributed by atoms with Gasteiger partial charge in [-0.25, -0.2) is 4.79 Å². The lowest BCUT2D eigenvalue weighted by Crippen LogP contribution is -2.44. The molecule has 0 bridgehead atoms. The predicted octanol–water partition coefficient (Wildman–Crippen LogP) is -0.578. The van der Waals surface area contributed by atoms with Crippen LogP contribution < -0.4 is 27.0 Å². The van der Waals surface area contributed by atoms with Crippen molar-refractivity contribution in [2.45, 2.75) is 12.3 Å². The Labute approximate surface area is 148 Å². The minimum Gasteiger partial charge on any atom is -0.484 e. The van der Waals surface area contributed by atoms with Crippen LogP contribution in [0.15, 0.2) is 33.9 Å². The summed E-state index contributed by atoms with van der Waals surface area (Å²) < 4.78 is 7.49. The van der Waals surface area contributed by atoms with Crippen molar-refractivity contribution < 1.29 is 14.3 Å². The molecule has 9 nitrogen and oxygen atoms in total. The fraction of sp³-hybridized carbons (Fsp3) is 0.294. The number of hydrogen-bond acceptors (Lipinski definition) is 5. The number of aromatic nitrogens is 2. The van der Waals surface area contributed by atoms with Gasteiger partial charge in [0.05, 0.1) is 5.56 Å². The summed E-state index contributed by atoms with van der Waals surface area (Å²) in [6.07, 6.45) is 0.0853. The quantitative estimate of drug-likeness (QED) is 0.756. The van der Waals surface area contributed by atoms with E-state index in [1.54, 1.807) is 24.3 Å². The highest BCUT2D eigenvalue weighted by molar-refractivity contribution is 5.94. The first-order chi connectivity index (χ1) is 12.3. The Morgan fingerprint density at radius 2 is 1.85 bits per heavy atom. The van der Waals surface area contributed by atoms with Crippen LogP contribution in [-0.2, 0) is 23.7 Å². The third-order valence-electron chi connectivity index (χ3n) is 4.36. The fourth-order valence-corrected chi connectivity index (χ4v) is 3.04. The van der Waals surface area contributed by atoms with E-state index in [0.29, 0.717) is 11.3 Å². The Bertz CT molecular complexity index is 1000. The second-order valence-electron chi connectivity index (χ2n) is 6.10. The number of carbonyl (C=O) groups excluding carboxylic acids is 2. The van der Waals surface area contributed by atoms with Crippen LogP contribution >= 0.6 is 0 Å². The third kappa shape index (κ3) is 2.99. The molecule has 2 heterocycles. The molecule has 9 heteroatoms. The maximum atomic E-state index is 12.6. The fourth-order valence-electron chi connectivity index (χ4n) is 3.04. The Morgan fingerprint density at radius 1 is 1.19 bits per heavy atom. The summed E-state index contributed by atoms with van der Waals surface area (Å²) in [5.74, 6) is -0.694. The maximum absolute atomic E-state index is 12.6. The molecule has 26 heavy (non-hydrogen) atoms. The number of anilines is 1. The van der Waals surface area contributed by atoms with Gasteiger partial charge in [0.1, 0.15) is 11.6 Å². The first kappa shape index (κ1) is 17.5. The van der Waals surface area contributed by atoms with Gasteiger partial charge in [0.15, 0.2) is 6.61 Å². The molecule has 0 fully saturated rings. The zero-order chi connectivity index (χ0) is 19.0. The molecule has 136 valence electrons. The average Bonchev–Trinajstić information content (AvgIpc) is 2.62. The van der Waals surface area contributed by atoms with Crippen LogP contribution in [-0.4, -0.2) is 27.6 Å². The second kappa shape index (κ2) is 6.51. The van der Waals surface area contributed by atoms with E-state index in [1.807, 2.05) is 0 Å². The number of rotatable bonds is 4. The van der Waals surface area contributed by atoms with Crippen molar-refractivity contribution in [2.24, 2.45) is 19.8 Å². The van der Waals surface area contributed by atoms with Crippen molar-refractivity contribution in [1.29, 1.82) is 0 Å². The van der Waals surface area contributed by atoms with Gasteiger partial charge in [-0.2, -0.15) is 0 Å². The first-order valence-corrected chi connectivity index (χ1v) is 7.90. The van der Waals surface area contributed by atoms with Gasteiger partial charge < -0.3 is 15.8 Å². The van der Waals surface area contributed by atoms with Gasteiger partial charge in [0.25, 0.3) is 11.5 Å². The van der Waals surface area contributed by atoms with Crippen molar-refractivity contribution >= 4 is 17.6 Å². The zero-order valence-electron chi connectivity index (χ0n) is 14.3. The summed E-state index contributed by atoms with van der Waals surface area (Å²) in [5, 5.41) is 2.62. The van der Waals surface area contributed by atoms with Crippen molar-refractivity contribution in [3.63, 3.8) is 0 Å². The number of benzene rings is 1. The van der Waals surface area contributed by atoms with Gasteiger partial charge in [0, 0.05) is 26.4 Å². The Hall–Kier alpha value is -3.36.